The highest BCUT2D eigenvalue weighted by atomic mass is 15.2. The molecule has 1 heterocycles. The van der Waals surface area contributed by atoms with Crippen LogP contribution in [0.3, 0.4) is 0 Å². The molecule has 1 aliphatic heterocycles. The van der Waals surface area contributed by atoms with E-state index in [1.54, 1.807) is 0 Å². The molecule has 100 valence electrons. The molecule has 0 saturated carbocycles. The molecule has 0 spiro atoms. The number of nitrogens with zero attached hydrogens (tertiary/aromatic N) is 2. The summed E-state index contributed by atoms with van der Waals surface area (Å²) >= 11 is 0. The fourth-order valence-corrected chi connectivity index (χ4v) is 2.25. The summed E-state index contributed by atoms with van der Waals surface area (Å²) in [4.78, 5) is 6.79. The Morgan fingerprint density at radius 3 is 3.06 bits per heavy atom. The van der Waals surface area contributed by atoms with Gasteiger partial charge in [-0.1, -0.05) is 20.3 Å². The number of guanidine groups is 1. The van der Waals surface area contributed by atoms with Crippen LogP contribution in [0.5, 0.6) is 0 Å². The van der Waals surface area contributed by atoms with Crippen LogP contribution in [-0.4, -0.2) is 43.6 Å². The fourth-order valence-electron chi connectivity index (χ4n) is 2.25. The van der Waals surface area contributed by atoms with E-state index in [1.807, 2.05) is 0 Å². The first-order valence-electron chi connectivity index (χ1n) is 6.98. The van der Waals surface area contributed by atoms with Gasteiger partial charge in [-0.2, -0.15) is 0 Å². The van der Waals surface area contributed by atoms with Crippen LogP contribution in [0, 0.1) is 5.92 Å². The van der Waals surface area contributed by atoms with Crippen molar-refractivity contribution < 1.29 is 0 Å². The van der Waals surface area contributed by atoms with Gasteiger partial charge in [0.15, 0.2) is 5.96 Å². The van der Waals surface area contributed by atoms with E-state index >= 15 is 0 Å². The summed E-state index contributed by atoms with van der Waals surface area (Å²) in [6, 6.07) is 0. The van der Waals surface area contributed by atoms with E-state index in [0.29, 0.717) is 5.96 Å². The van der Waals surface area contributed by atoms with Crippen molar-refractivity contribution in [2.24, 2.45) is 16.6 Å². The minimum Gasteiger partial charge on any atom is -0.370 e. The summed E-state index contributed by atoms with van der Waals surface area (Å²) in [5.74, 6) is 1.45. The van der Waals surface area contributed by atoms with Gasteiger partial charge in [0.25, 0.3) is 0 Å². The summed E-state index contributed by atoms with van der Waals surface area (Å²) in [7, 11) is 0. The van der Waals surface area contributed by atoms with Gasteiger partial charge in [-0.25, -0.2) is 0 Å². The Bertz CT molecular complexity index is 227. The zero-order chi connectivity index (χ0) is 12.5. The standard InChI is InChI=1S/C13H28N4/c1-3-4-7-15-13(14)16-8-10-17-9-5-6-12(2)11-17/h12H,3-11H2,1-2H3,(H3,14,15,16). The highest BCUT2D eigenvalue weighted by molar-refractivity contribution is 5.77. The molecule has 0 aliphatic carbocycles. The monoisotopic (exact) mass is 240 g/mol. The van der Waals surface area contributed by atoms with Crippen LogP contribution >= 0.6 is 0 Å². The molecule has 0 aromatic carbocycles. The third-order valence-electron chi connectivity index (χ3n) is 3.27. The second-order valence-corrected chi connectivity index (χ2v) is 5.10. The maximum atomic E-state index is 5.78. The molecular weight excluding hydrogens is 212 g/mol. The number of piperidine rings is 1. The SMILES string of the molecule is CCCCN=C(N)NCCN1CCCC(C)C1. The highest BCUT2D eigenvalue weighted by Crippen LogP contribution is 2.14. The second kappa shape index (κ2) is 8.34. The van der Waals surface area contributed by atoms with E-state index in [-0.39, 0.29) is 0 Å². The highest BCUT2D eigenvalue weighted by Gasteiger charge is 2.15. The lowest BCUT2D eigenvalue weighted by molar-refractivity contribution is 0.187. The number of hydrogen-bond acceptors (Lipinski definition) is 2. The van der Waals surface area contributed by atoms with Crippen LogP contribution in [0.2, 0.25) is 0 Å². The summed E-state index contributed by atoms with van der Waals surface area (Å²) in [5.41, 5.74) is 5.78. The summed E-state index contributed by atoms with van der Waals surface area (Å²) in [6.45, 7) is 9.79. The number of nitrogens with two attached hydrogens (primary N) is 1. The fraction of sp³-hybridized carbons (Fsp3) is 0.923. The molecule has 1 saturated heterocycles. The molecule has 1 atom stereocenters. The second-order valence-electron chi connectivity index (χ2n) is 5.10. The van der Waals surface area contributed by atoms with Crippen LogP contribution in [0.4, 0.5) is 0 Å². The van der Waals surface area contributed by atoms with Crippen molar-refractivity contribution >= 4 is 5.96 Å². The number of rotatable bonds is 6. The van der Waals surface area contributed by atoms with E-state index in [0.717, 1.165) is 32.0 Å². The van der Waals surface area contributed by atoms with Crippen LogP contribution in [0.1, 0.15) is 39.5 Å². The van der Waals surface area contributed by atoms with Crippen molar-refractivity contribution in [1.29, 1.82) is 0 Å². The Hall–Kier alpha value is -0.770. The summed E-state index contributed by atoms with van der Waals surface area (Å²) < 4.78 is 0. The van der Waals surface area contributed by atoms with Crippen molar-refractivity contribution in [3.63, 3.8) is 0 Å². The molecule has 4 heteroatoms. The minimum atomic E-state index is 0.600. The largest absolute Gasteiger partial charge is 0.370 e. The quantitative estimate of drug-likeness (QED) is 0.419. The molecule has 0 aromatic rings. The number of unbranched alkanes of at least 4 members (excludes halogenated alkanes) is 1. The molecule has 17 heavy (non-hydrogen) atoms. The summed E-state index contributed by atoms with van der Waals surface area (Å²) in [5, 5.41) is 3.19. The number of aliphatic imine (C=N–C) groups is 1. The van der Waals surface area contributed by atoms with Gasteiger partial charge < -0.3 is 16.0 Å². The molecular formula is C13H28N4. The van der Waals surface area contributed by atoms with Crippen LogP contribution in [0.15, 0.2) is 4.99 Å². The van der Waals surface area contributed by atoms with Gasteiger partial charge in [-0.05, 0) is 31.7 Å². The molecule has 0 aromatic heterocycles. The Labute approximate surface area is 106 Å². The zero-order valence-electron chi connectivity index (χ0n) is 11.4. The molecule has 3 N–H and O–H groups in total. The molecule has 4 nitrogen and oxygen atoms in total. The van der Waals surface area contributed by atoms with E-state index in [1.165, 1.54) is 32.4 Å². The maximum absolute atomic E-state index is 5.78. The first kappa shape index (κ1) is 14.3. The minimum absolute atomic E-state index is 0.600. The molecule has 0 bridgehead atoms. The Kier molecular flexibility index (Phi) is 7.01. The molecule has 0 amide bonds. The predicted molar refractivity (Wildman–Crippen MR) is 74.2 cm³/mol. The van der Waals surface area contributed by atoms with E-state index in [2.05, 4.69) is 29.1 Å². The van der Waals surface area contributed by atoms with Gasteiger partial charge in [0, 0.05) is 26.2 Å². The van der Waals surface area contributed by atoms with E-state index in [9.17, 15) is 0 Å². The van der Waals surface area contributed by atoms with Gasteiger partial charge in [0.2, 0.25) is 0 Å². The van der Waals surface area contributed by atoms with Gasteiger partial charge >= 0.3 is 0 Å². The predicted octanol–water partition coefficient (Wildman–Crippen LogP) is 1.42. The zero-order valence-corrected chi connectivity index (χ0v) is 11.4. The third kappa shape index (κ3) is 6.51. The lowest BCUT2D eigenvalue weighted by Gasteiger charge is -2.30. The first-order chi connectivity index (χ1) is 8.22. The average Bonchev–Trinajstić information content (AvgIpc) is 2.29. The maximum Gasteiger partial charge on any atom is 0.188 e. The number of hydrogen-bond donors (Lipinski definition) is 2. The Morgan fingerprint density at radius 2 is 2.35 bits per heavy atom. The Balaban J connectivity index is 2.08. The first-order valence-corrected chi connectivity index (χ1v) is 6.98. The summed E-state index contributed by atoms with van der Waals surface area (Å²) in [6.07, 6.45) is 5.00. The van der Waals surface area contributed by atoms with Crippen molar-refractivity contribution in [3.8, 4) is 0 Å². The van der Waals surface area contributed by atoms with Crippen molar-refractivity contribution in [2.45, 2.75) is 39.5 Å². The normalized spacial score (nSPS) is 22.7. The smallest absolute Gasteiger partial charge is 0.188 e. The molecule has 1 unspecified atom stereocenters. The van der Waals surface area contributed by atoms with Crippen LogP contribution < -0.4 is 11.1 Å². The number of likely N-dealkylation sites (tertiary alicyclic amines) is 1. The molecule has 1 fully saturated rings. The third-order valence-corrected chi connectivity index (χ3v) is 3.27. The van der Waals surface area contributed by atoms with E-state index < -0.39 is 0 Å². The van der Waals surface area contributed by atoms with Crippen LogP contribution in [-0.2, 0) is 0 Å². The van der Waals surface area contributed by atoms with Gasteiger partial charge in [0.1, 0.15) is 0 Å². The average molecular weight is 240 g/mol. The number of nitrogens with one attached hydrogen (secondary N) is 1. The molecule has 1 aliphatic rings. The molecule has 1 rings (SSSR count). The van der Waals surface area contributed by atoms with Crippen LogP contribution in [0.25, 0.3) is 0 Å². The lowest BCUT2D eigenvalue weighted by Crippen LogP contribution is -2.42. The lowest BCUT2D eigenvalue weighted by atomic mass is 10.0. The van der Waals surface area contributed by atoms with Crippen molar-refractivity contribution in [3.05, 3.63) is 0 Å². The van der Waals surface area contributed by atoms with Gasteiger partial charge in [-0.15, -0.1) is 0 Å². The van der Waals surface area contributed by atoms with Gasteiger partial charge in [-0.3, -0.25) is 4.99 Å². The molecule has 0 radical (unpaired) electrons. The van der Waals surface area contributed by atoms with Crippen molar-refractivity contribution in [1.82, 2.24) is 10.2 Å². The van der Waals surface area contributed by atoms with E-state index in [4.69, 9.17) is 5.73 Å². The topological polar surface area (TPSA) is 53.6 Å². The van der Waals surface area contributed by atoms with Gasteiger partial charge in [0.05, 0.1) is 0 Å². The Morgan fingerprint density at radius 1 is 1.53 bits per heavy atom. The van der Waals surface area contributed by atoms with Crippen molar-refractivity contribution in [2.75, 3.05) is 32.7 Å².